The highest BCUT2D eigenvalue weighted by atomic mass is 32.1. The molecule has 0 bridgehead atoms. The van der Waals surface area contributed by atoms with Crippen LogP contribution >= 0.6 is 22.7 Å². The number of aryl methyl sites for hydroxylation is 1. The summed E-state index contributed by atoms with van der Waals surface area (Å²) in [5.74, 6) is 0.907. The molecule has 0 unspecified atom stereocenters. The maximum atomic E-state index is 13.1. The van der Waals surface area contributed by atoms with E-state index in [0.717, 1.165) is 24.0 Å². The molecule has 4 rings (SSSR count). The zero-order chi connectivity index (χ0) is 22.8. The van der Waals surface area contributed by atoms with Gasteiger partial charge in [-0.3, -0.25) is 4.79 Å². The minimum atomic E-state index is -0.391. The molecule has 1 saturated carbocycles. The van der Waals surface area contributed by atoms with Gasteiger partial charge in [-0.2, -0.15) is 0 Å². The van der Waals surface area contributed by atoms with E-state index in [1.165, 1.54) is 22.7 Å². The molecule has 1 aliphatic carbocycles. The molecule has 1 amide bonds. The molecule has 1 aliphatic rings. The number of thiazole rings is 1. The van der Waals surface area contributed by atoms with E-state index < -0.39 is 5.97 Å². The van der Waals surface area contributed by atoms with Crippen molar-refractivity contribution in [1.29, 1.82) is 0 Å². The second-order valence-corrected chi connectivity index (χ2v) is 9.23. The SMILES string of the molecule is CCOC(=O)c1c(C2CC2)csc1NC(=O)c1sc(-c2ccc(OC)c(OC)c2)nc1C. The van der Waals surface area contributed by atoms with Gasteiger partial charge in [-0.05, 0) is 61.7 Å². The third-order valence-electron chi connectivity index (χ3n) is 5.18. The summed E-state index contributed by atoms with van der Waals surface area (Å²) in [5, 5.41) is 6.09. The third-order valence-corrected chi connectivity index (χ3v) is 7.30. The Bertz CT molecular complexity index is 1160. The van der Waals surface area contributed by atoms with Crippen LogP contribution in [0.2, 0.25) is 0 Å². The predicted molar refractivity (Wildman–Crippen MR) is 126 cm³/mol. The van der Waals surface area contributed by atoms with Crippen molar-refractivity contribution in [2.45, 2.75) is 32.6 Å². The van der Waals surface area contributed by atoms with E-state index in [9.17, 15) is 9.59 Å². The Hall–Kier alpha value is -2.91. The Kier molecular flexibility index (Phi) is 6.48. The van der Waals surface area contributed by atoms with Crippen LogP contribution in [0.3, 0.4) is 0 Å². The van der Waals surface area contributed by atoms with Crippen molar-refractivity contribution in [3.63, 3.8) is 0 Å². The molecular weight excluding hydrogens is 448 g/mol. The largest absolute Gasteiger partial charge is 0.493 e. The molecule has 168 valence electrons. The number of ether oxygens (including phenoxy) is 3. The number of aromatic nitrogens is 1. The number of methoxy groups -OCH3 is 2. The van der Waals surface area contributed by atoms with Crippen LogP contribution < -0.4 is 14.8 Å². The van der Waals surface area contributed by atoms with E-state index in [1.807, 2.05) is 17.5 Å². The van der Waals surface area contributed by atoms with Crippen molar-refractivity contribution in [2.24, 2.45) is 0 Å². The number of nitrogens with one attached hydrogen (secondary N) is 1. The van der Waals surface area contributed by atoms with Gasteiger partial charge in [0.25, 0.3) is 5.91 Å². The molecule has 1 aromatic carbocycles. The van der Waals surface area contributed by atoms with Crippen molar-refractivity contribution in [1.82, 2.24) is 4.98 Å². The second-order valence-electron chi connectivity index (χ2n) is 7.35. The summed E-state index contributed by atoms with van der Waals surface area (Å²) in [6.45, 7) is 3.86. The monoisotopic (exact) mass is 472 g/mol. The number of rotatable bonds is 8. The summed E-state index contributed by atoms with van der Waals surface area (Å²) in [6, 6.07) is 5.52. The molecule has 0 radical (unpaired) electrons. The number of esters is 1. The fraction of sp³-hybridized carbons (Fsp3) is 0.348. The lowest BCUT2D eigenvalue weighted by Crippen LogP contribution is -2.15. The number of thiophene rings is 1. The average molecular weight is 473 g/mol. The lowest BCUT2D eigenvalue weighted by molar-refractivity contribution is 0.0527. The third kappa shape index (κ3) is 4.35. The fourth-order valence-electron chi connectivity index (χ4n) is 3.43. The van der Waals surface area contributed by atoms with Crippen LogP contribution in [0.15, 0.2) is 23.6 Å². The topological polar surface area (TPSA) is 86.8 Å². The fourth-order valence-corrected chi connectivity index (χ4v) is 5.42. The lowest BCUT2D eigenvalue weighted by atomic mass is 10.1. The van der Waals surface area contributed by atoms with Crippen molar-refractivity contribution < 1.29 is 23.8 Å². The van der Waals surface area contributed by atoms with Gasteiger partial charge in [-0.25, -0.2) is 9.78 Å². The van der Waals surface area contributed by atoms with Crippen LogP contribution in [0.1, 0.15) is 57.0 Å². The predicted octanol–water partition coefficient (Wildman–Crippen LogP) is 5.50. The Balaban J connectivity index is 1.61. The van der Waals surface area contributed by atoms with Gasteiger partial charge in [0.05, 0.1) is 32.1 Å². The molecule has 9 heteroatoms. The first-order chi connectivity index (χ1) is 15.5. The van der Waals surface area contributed by atoms with Crippen LogP contribution in [0.25, 0.3) is 10.6 Å². The Labute approximate surface area is 194 Å². The molecule has 1 N–H and O–H groups in total. The first-order valence-electron chi connectivity index (χ1n) is 10.3. The summed E-state index contributed by atoms with van der Waals surface area (Å²) >= 11 is 2.65. The number of amides is 1. The number of nitrogens with zero attached hydrogens (tertiary/aromatic N) is 1. The Morgan fingerprint density at radius 1 is 1.19 bits per heavy atom. The van der Waals surface area contributed by atoms with E-state index in [2.05, 4.69) is 10.3 Å². The van der Waals surface area contributed by atoms with E-state index in [-0.39, 0.29) is 12.5 Å². The Morgan fingerprint density at radius 3 is 2.59 bits per heavy atom. The molecule has 0 atom stereocenters. The summed E-state index contributed by atoms with van der Waals surface area (Å²) in [4.78, 5) is 30.7. The van der Waals surface area contributed by atoms with Crippen molar-refractivity contribution in [3.8, 4) is 22.1 Å². The van der Waals surface area contributed by atoms with Crippen molar-refractivity contribution >= 4 is 39.6 Å². The van der Waals surface area contributed by atoms with Crippen LogP contribution in [0, 0.1) is 6.92 Å². The van der Waals surface area contributed by atoms with Crippen molar-refractivity contribution in [3.05, 3.63) is 45.3 Å². The summed E-state index contributed by atoms with van der Waals surface area (Å²) in [7, 11) is 3.16. The number of hydrogen-bond acceptors (Lipinski definition) is 8. The second kappa shape index (κ2) is 9.30. The standard InChI is InChI=1S/C23H24N2O5S2/c1-5-30-23(27)18-15(13-6-7-13)11-31-22(18)25-20(26)19-12(2)24-21(32-19)14-8-9-16(28-3)17(10-14)29-4/h8-11,13H,5-7H2,1-4H3,(H,25,26). The Morgan fingerprint density at radius 2 is 1.94 bits per heavy atom. The molecule has 0 spiro atoms. The van der Waals surface area contributed by atoms with Crippen LogP contribution in [0.4, 0.5) is 5.00 Å². The van der Waals surface area contributed by atoms with Gasteiger partial charge < -0.3 is 19.5 Å². The zero-order valence-corrected chi connectivity index (χ0v) is 19.9. The van der Waals surface area contributed by atoms with Gasteiger partial charge in [0.15, 0.2) is 11.5 Å². The number of carbonyl (C=O) groups is 2. The van der Waals surface area contributed by atoms with E-state index >= 15 is 0 Å². The lowest BCUT2D eigenvalue weighted by Gasteiger charge is -2.08. The molecule has 7 nitrogen and oxygen atoms in total. The smallest absolute Gasteiger partial charge is 0.341 e. The van der Waals surface area contributed by atoms with Crippen LogP contribution in [-0.2, 0) is 4.74 Å². The molecule has 1 fully saturated rings. The van der Waals surface area contributed by atoms with Gasteiger partial charge in [-0.15, -0.1) is 22.7 Å². The summed E-state index contributed by atoms with van der Waals surface area (Å²) in [6.07, 6.45) is 2.11. The summed E-state index contributed by atoms with van der Waals surface area (Å²) < 4.78 is 15.9. The average Bonchev–Trinajstić information content (AvgIpc) is 3.44. The maximum Gasteiger partial charge on any atom is 0.341 e. The van der Waals surface area contributed by atoms with Crippen molar-refractivity contribution in [2.75, 3.05) is 26.1 Å². The highest BCUT2D eigenvalue weighted by Gasteiger charge is 2.32. The van der Waals surface area contributed by atoms with Gasteiger partial charge in [0, 0.05) is 5.56 Å². The van der Waals surface area contributed by atoms with E-state index in [0.29, 0.717) is 43.6 Å². The van der Waals surface area contributed by atoms with E-state index in [4.69, 9.17) is 14.2 Å². The van der Waals surface area contributed by atoms with Crippen LogP contribution in [0.5, 0.6) is 11.5 Å². The molecule has 2 aromatic heterocycles. The molecule has 32 heavy (non-hydrogen) atoms. The zero-order valence-electron chi connectivity index (χ0n) is 18.3. The molecule has 2 heterocycles. The number of anilines is 1. The van der Waals surface area contributed by atoms with Gasteiger partial charge in [0.1, 0.15) is 14.9 Å². The normalized spacial score (nSPS) is 13.0. The molecule has 3 aromatic rings. The first-order valence-corrected chi connectivity index (χ1v) is 12.0. The molecule has 0 aliphatic heterocycles. The maximum absolute atomic E-state index is 13.1. The minimum absolute atomic E-state index is 0.287. The highest BCUT2D eigenvalue weighted by Crippen LogP contribution is 2.46. The van der Waals surface area contributed by atoms with E-state index in [1.54, 1.807) is 34.1 Å². The summed E-state index contributed by atoms with van der Waals surface area (Å²) in [5.41, 5.74) is 2.90. The number of hydrogen-bond donors (Lipinski definition) is 1. The molecular formula is C23H24N2O5S2. The van der Waals surface area contributed by atoms with Gasteiger partial charge in [0.2, 0.25) is 0 Å². The number of carbonyl (C=O) groups excluding carboxylic acids is 2. The van der Waals surface area contributed by atoms with Gasteiger partial charge >= 0.3 is 5.97 Å². The minimum Gasteiger partial charge on any atom is -0.493 e. The highest BCUT2D eigenvalue weighted by molar-refractivity contribution is 7.17. The first kappa shape index (κ1) is 22.3. The van der Waals surface area contributed by atoms with Gasteiger partial charge in [-0.1, -0.05) is 0 Å². The quantitative estimate of drug-likeness (QED) is 0.436. The number of benzene rings is 1. The molecule has 0 saturated heterocycles. The van der Waals surface area contributed by atoms with Crippen LogP contribution in [-0.4, -0.2) is 37.7 Å².